The van der Waals surface area contributed by atoms with Gasteiger partial charge in [0.25, 0.3) is 5.91 Å². The van der Waals surface area contributed by atoms with Gasteiger partial charge in [-0.3, -0.25) is 9.69 Å². The van der Waals surface area contributed by atoms with Gasteiger partial charge in [-0.15, -0.1) is 0 Å². The van der Waals surface area contributed by atoms with E-state index in [4.69, 9.17) is 14.2 Å². The van der Waals surface area contributed by atoms with Crippen molar-refractivity contribution in [1.29, 1.82) is 0 Å². The SMILES string of the molecule is COc1ccc(C(=O)NCC(c2cccn2C)N2CCc3ccccc3C2)c(OC)c1OC. The second kappa shape index (κ2) is 10.0. The highest BCUT2D eigenvalue weighted by Gasteiger charge is 2.28. The maximum absolute atomic E-state index is 13.2. The molecule has 1 aliphatic heterocycles. The van der Waals surface area contributed by atoms with Gasteiger partial charge in [-0.25, -0.2) is 0 Å². The van der Waals surface area contributed by atoms with Crippen LogP contribution in [0.15, 0.2) is 54.7 Å². The van der Waals surface area contributed by atoms with Gasteiger partial charge in [-0.1, -0.05) is 24.3 Å². The standard InChI is InChI=1S/C26H31N3O4/c1-28-14-7-10-21(28)22(29-15-13-18-8-5-6-9-19(18)17-29)16-27-26(30)20-11-12-23(31-2)25(33-4)24(20)32-3/h5-12,14,22H,13,15-17H2,1-4H3,(H,27,30). The Labute approximate surface area is 194 Å². The molecule has 1 N–H and O–H groups in total. The van der Waals surface area contributed by atoms with Crippen LogP contribution in [0, 0.1) is 0 Å². The van der Waals surface area contributed by atoms with E-state index in [-0.39, 0.29) is 11.9 Å². The Kier molecular flexibility index (Phi) is 6.89. The molecule has 33 heavy (non-hydrogen) atoms. The van der Waals surface area contributed by atoms with Gasteiger partial charge < -0.3 is 24.1 Å². The summed E-state index contributed by atoms with van der Waals surface area (Å²) in [6.07, 6.45) is 3.04. The second-order valence-corrected chi connectivity index (χ2v) is 8.14. The summed E-state index contributed by atoms with van der Waals surface area (Å²) in [5, 5.41) is 3.13. The molecule has 0 radical (unpaired) electrons. The van der Waals surface area contributed by atoms with Crippen LogP contribution in [0.3, 0.4) is 0 Å². The summed E-state index contributed by atoms with van der Waals surface area (Å²) in [6, 6.07) is 16.2. The molecule has 2 aromatic carbocycles. The Hall–Kier alpha value is -3.45. The van der Waals surface area contributed by atoms with E-state index in [1.807, 2.05) is 19.3 Å². The number of carbonyl (C=O) groups excluding carboxylic acids is 1. The average Bonchev–Trinajstić information content (AvgIpc) is 3.28. The minimum Gasteiger partial charge on any atom is -0.493 e. The lowest BCUT2D eigenvalue weighted by molar-refractivity contribution is 0.0921. The van der Waals surface area contributed by atoms with Crippen LogP contribution in [0.2, 0.25) is 0 Å². The molecule has 0 fully saturated rings. The van der Waals surface area contributed by atoms with Crippen LogP contribution in [0.25, 0.3) is 0 Å². The fourth-order valence-electron chi connectivity index (χ4n) is 4.59. The first kappa shape index (κ1) is 22.7. The first-order chi connectivity index (χ1) is 16.1. The second-order valence-electron chi connectivity index (χ2n) is 8.14. The third kappa shape index (κ3) is 4.54. The Morgan fingerprint density at radius 3 is 2.39 bits per heavy atom. The lowest BCUT2D eigenvalue weighted by Gasteiger charge is -2.36. The minimum absolute atomic E-state index is 0.0356. The predicted molar refractivity (Wildman–Crippen MR) is 127 cm³/mol. The number of nitrogens with one attached hydrogen (secondary N) is 1. The summed E-state index contributed by atoms with van der Waals surface area (Å²) in [5.74, 6) is 1.06. The zero-order valence-corrected chi connectivity index (χ0v) is 19.6. The quantitative estimate of drug-likeness (QED) is 0.570. The largest absolute Gasteiger partial charge is 0.493 e. The molecule has 1 aromatic heterocycles. The van der Waals surface area contributed by atoms with Crippen LogP contribution in [0.4, 0.5) is 0 Å². The van der Waals surface area contributed by atoms with Gasteiger partial charge in [-0.05, 0) is 41.8 Å². The van der Waals surface area contributed by atoms with Crippen molar-refractivity contribution in [2.75, 3.05) is 34.4 Å². The minimum atomic E-state index is -0.218. The number of aryl methyl sites for hydroxylation is 1. The monoisotopic (exact) mass is 449 g/mol. The highest BCUT2D eigenvalue weighted by atomic mass is 16.5. The van der Waals surface area contributed by atoms with Crippen LogP contribution >= 0.6 is 0 Å². The molecule has 174 valence electrons. The Morgan fingerprint density at radius 1 is 0.970 bits per heavy atom. The van der Waals surface area contributed by atoms with Crippen LogP contribution in [-0.2, 0) is 20.0 Å². The van der Waals surface area contributed by atoms with Gasteiger partial charge in [0.15, 0.2) is 11.5 Å². The molecule has 7 heteroatoms. The first-order valence-electron chi connectivity index (χ1n) is 11.1. The maximum Gasteiger partial charge on any atom is 0.255 e. The number of amides is 1. The number of ether oxygens (including phenoxy) is 3. The molecule has 1 atom stereocenters. The van der Waals surface area contributed by atoms with Gasteiger partial charge in [0.2, 0.25) is 5.75 Å². The third-order valence-corrected chi connectivity index (χ3v) is 6.33. The van der Waals surface area contributed by atoms with E-state index in [1.54, 1.807) is 19.2 Å². The molecular weight excluding hydrogens is 418 g/mol. The first-order valence-corrected chi connectivity index (χ1v) is 11.1. The van der Waals surface area contributed by atoms with Gasteiger partial charge in [-0.2, -0.15) is 0 Å². The molecule has 1 unspecified atom stereocenters. The number of methoxy groups -OCH3 is 3. The molecule has 7 nitrogen and oxygen atoms in total. The van der Waals surface area contributed by atoms with Crippen LogP contribution in [0.5, 0.6) is 17.2 Å². The van der Waals surface area contributed by atoms with Crippen LogP contribution in [0.1, 0.15) is 33.2 Å². The Balaban J connectivity index is 1.57. The summed E-state index contributed by atoms with van der Waals surface area (Å²) < 4.78 is 18.4. The van der Waals surface area contributed by atoms with Crippen molar-refractivity contribution in [3.8, 4) is 17.2 Å². The molecule has 0 spiro atoms. The zero-order chi connectivity index (χ0) is 23.4. The van der Waals surface area contributed by atoms with E-state index in [0.717, 1.165) is 25.2 Å². The van der Waals surface area contributed by atoms with E-state index < -0.39 is 0 Å². The number of hydrogen-bond acceptors (Lipinski definition) is 5. The molecule has 4 rings (SSSR count). The molecule has 0 saturated heterocycles. The molecule has 0 bridgehead atoms. The van der Waals surface area contributed by atoms with E-state index in [0.29, 0.717) is 29.4 Å². The fraction of sp³-hybridized carbons (Fsp3) is 0.346. The summed E-state index contributed by atoms with van der Waals surface area (Å²) in [6.45, 7) is 2.25. The lowest BCUT2D eigenvalue weighted by Crippen LogP contribution is -2.41. The predicted octanol–water partition coefficient (Wildman–Crippen LogP) is 3.58. The topological polar surface area (TPSA) is 65.0 Å². The number of fused-ring (bicyclic) bond motifs is 1. The number of nitrogens with zero attached hydrogens (tertiary/aromatic N) is 2. The summed E-state index contributed by atoms with van der Waals surface area (Å²) in [7, 11) is 6.64. The smallest absolute Gasteiger partial charge is 0.255 e. The number of aromatic nitrogens is 1. The molecule has 0 saturated carbocycles. The summed E-state index contributed by atoms with van der Waals surface area (Å²) in [4.78, 5) is 15.7. The van der Waals surface area contributed by atoms with Crippen LogP contribution in [-0.4, -0.2) is 49.8 Å². The highest BCUT2D eigenvalue weighted by molar-refractivity contribution is 5.98. The van der Waals surface area contributed by atoms with Gasteiger partial charge in [0.05, 0.1) is 32.9 Å². The molecule has 1 amide bonds. The molecular formula is C26H31N3O4. The Morgan fingerprint density at radius 2 is 1.73 bits per heavy atom. The van der Waals surface area contributed by atoms with Crippen molar-refractivity contribution in [2.24, 2.45) is 7.05 Å². The molecule has 1 aliphatic rings. The van der Waals surface area contributed by atoms with Crippen molar-refractivity contribution in [1.82, 2.24) is 14.8 Å². The van der Waals surface area contributed by atoms with Gasteiger partial charge in [0.1, 0.15) is 0 Å². The lowest BCUT2D eigenvalue weighted by atomic mass is 9.97. The molecule has 0 aliphatic carbocycles. The van der Waals surface area contributed by atoms with Gasteiger partial charge in [0, 0.05) is 38.6 Å². The van der Waals surface area contributed by atoms with Crippen molar-refractivity contribution in [3.05, 3.63) is 77.1 Å². The summed E-state index contributed by atoms with van der Waals surface area (Å²) >= 11 is 0. The number of carbonyl (C=O) groups is 1. The number of rotatable bonds is 8. The summed E-state index contributed by atoms with van der Waals surface area (Å²) in [5.41, 5.74) is 4.31. The van der Waals surface area contributed by atoms with Crippen molar-refractivity contribution in [2.45, 2.75) is 19.0 Å². The Bertz CT molecular complexity index is 1120. The van der Waals surface area contributed by atoms with E-state index >= 15 is 0 Å². The van der Waals surface area contributed by atoms with Gasteiger partial charge >= 0.3 is 0 Å². The van der Waals surface area contributed by atoms with Crippen molar-refractivity contribution in [3.63, 3.8) is 0 Å². The molecule has 3 aromatic rings. The normalized spacial score (nSPS) is 14.3. The van der Waals surface area contributed by atoms with E-state index in [1.165, 1.54) is 25.3 Å². The van der Waals surface area contributed by atoms with Crippen molar-refractivity contribution < 1.29 is 19.0 Å². The number of hydrogen-bond donors (Lipinski definition) is 1. The third-order valence-electron chi connectivity index (χ3n) is 6.33. The number of benzene rings is 2. The molecule has 2 heterocycles. The van der Waals surface area contributed by atoms with E-state index in [9.17, 15) is 4.79 Å². The van der Waals surface area contributed by atoms with Crippen molar-refractivity contribution >= 4 is 5.91 Å². The fourth-order valence-corrected chi connectivity index (χ4v) is 4.59. The highest BCUT2D eigenvalue weighted by Crippen LogP contribution is 2.39. The zero-order valence-electron chi connectivity index (χ0n) is 19.6. The van der Waals surface area contributed by atoms with Crippen LogP contribution < -0.4 is 19.5 Å². The van der Waals surface area contributed by atoms with E-state index in [2.05, 4.69) is 45.1 Å². The maximum atomic E-state index is 13.2. The average molecular weight is 450 g/mol.